The third-order valence-corrected chi connectivity index (χ3v) is 6.46. The maximum Gasteiger partial charge on any atom is 0.220 e. The van der Waals surface area contributed by atoms with Crippen LogP contribution >= 0.6 is 0 Å². The summed E-state index contributed by atoms with van der Waals surface area (Å²) in [5, 5.41) is 8.33. The summed E-state index contributed by atoms with van der Waals surface area (Å²) in [7, 11) is 3.29. The van der Waals surface area contributed by atoms with Gasteiger partial charge in [-0.1, -0.05) is 48.5 Å². The summed E-state index contributed by atoms with van der Waals surface area (Å²) < 4.78 is 10.9. The van der Waals surface area contributed by atoms with Gasteiger partial charge < -0.3 is 20.1 Å². The summed E-state index contributed by atoms with van der Waals surface area (Å²) >= 11 is 0. The Kier molecular flexibility index (Phi) is 6.82. The molecule has 0 spiro atoms. The normalized spacial score (nSPS) is 17.6. The Morgan fingerprint density at radius 3 is 2.39 bits per heavy atom. The van der Waals surface area contributed by atoms with Crippen LogP contribution in [0.5, 0.6) is 11.5 Å². The molecule has 1 aliphatic rings. The van der Waals surface area contributed by atoms with E-state index < -0.39 is 5.54 Å². The lowest BCUT2D eigenvalue weighted by Gasteiger charge is -2.30. The Hall–Kier alpha value is -3.54. The lowest BCUT2D eigenvalue weighted by Crippen LogP contribution is -2.44. The first kappa shape index (κ1) is 22.6. The van der Waals surface area contributed by atoms with Gasteiger partial charge in [0.1, 0.15) is 11.5 Å². The zero-order chi connectivity index (χ0) is 23.3. The Morgan fingerprint density at radius 1 is 0.939 bits per heavy atom. The SMILES string of the molecule is COc1ccccc1CNC(=O)CCC1(Cc2ccc(OC)c3ccccc23)CCC(=O)N1. The van der Waals surface area contributed by atoms with Crippen LogP contribution in [0, 0.1) is 0 Å². The van der Waals surface area contributed by atoms with Crippen LogP contribution in [0.2, 0.25) is 0 Å². The molecule has 2 N–H and O–H groups in total. The van der Waals surface area contributed by atoms with E-state index in [0.29, 0.717) is 38.6 Å². The average molecular weight is 447 g/mol. The molecule has 1 saturated heterocycles. The number of hydrogen-bond acceptors (Lipinski definition) is 4. The molecule has 0 aromatic heterocycles. The van der Waals surface area contributed by atoms with Crippen LogP contribution in [0.4, 0.5) is 0 Å². The van der Waals surface area contributed by atoms with Crippen molar-refractivity contribution in [1.29, 1.82) is 0 Å². The Labute approximate surface area is 194 Å². The number of para-hydroxylation sites is 1. The van der Waals surface area contributed by atoms with E-state index >= 15 is 0 Å². The van der Waals surface area contributed by atoms with Gasteiger partial charge in [-0.25, -0.2) is 0 Å². The number of fused-ring (bicyclic) bond motifs is 1. The van der Waals surface area contributed by atoms with Gasteiger partial charge in [0.2, 0.25) is 11.8 Å². The van der Waals surface area contributed by atoms with Crippen molar-refractivity contribution in [3.05, 3.63) is 71.8 Å². The summed E-state index contributed by atoms with van der Waals surface area (Å²) in [6, 6.07) is 19.8. The zero-order valence-electron chi connectivity index (χ0n) is 19.1. The Morgan fingerprint density at radius 2 is 1.67 bits per heavy atom. The monoisotopic (exact) mass is 446 g/mol. The number of carbonyl (C=O) groups is 2. The van der Waals surface area contributed by atoms with Crippen molar-refractivity contribution in [2.75, 3.05) is 14.2 Å². The van der Waals surface area contributed by atoms with E-state index in [1.54, 1.807) is 14.2 Å². The molecule has 1 heterocycles. The molecule has 0 bridgehead atoms. The van der Waals surface area contributed by atoms with Gasteiger partial charge in [-0.3, -0.25) is 9.59 Å². The van der Waals surface area contributed by atoms with Crippen LogP contribution < -0.4 is 20.1 Å². The van der Waals surface area contributed by atoms with Crippen molar-refractivity contribution in [1.82, 2.24) is 10.6 Å². The standard InChI is InChI=1S/C27H30N2O4/c1-32-23-10-6-3-7-20(23)18-28-25(30)13-15-27(16-14-26(31)29-27)17-19-11-12-24(33-2)22-9-5-4-8-21(19)22/h3-12H,13-18H2,1-2H3,(H,28,30)(H,29,31). The summed E-state index contributed by atoms with van der Waals surface area (Å²) in [5.74, 6) is 1.58. The fourth-order valence-corrected chi connectivity index (χ4v) is 4.70. The van der Waals surface area contributed by atoms with Crippen LogP contribution in [0.1, 0.15) is 36.8 Å². The largest absolute Gasteiger partial charge is 0.496 e. The molecule has 0 aliphatic carbocycles. The molecule has 172 valence electrons. The topological polar surface area (TPSA) is 76.7 Å². The third-order valence-electron chi connectivity index (χ3n) is 6.46. The maximum absolute atomic E-state index is 12.7. The fraction of sp³-hybridized carbons (Fsp3) is 0.333. The summed E-state index contributed by atoms with van der Waals surface area (Å²) in [4.78, 5) is 24.9. The number of benzene rings is 3. The highest BCUT2D eigenvalue weighted by Crippen LogP contribution is 2.35. The molecular weight excluding hydrogens is 416 g/mol. The molecule has 1 atom stereocenters. The van der Waals surface area contributed by atoms with Crippen molar-refractivity contribution < 1.29 is 19.1 Å². The summed E-state index contributed by atoms with van der Waals surface area (Å²) in [6.45, 7) is 0.408. The fourth-order valence-electron chi connectivity index (χ4n) is 4.70. The predicted octanol–water partition coefficient (Wildman–Crippen LogP) is 4.14. The highest BCUT2D eigenvalue weighted by Gasteiger charge is 2.38. The molecule has 4 rings (SSSR count). The van der Waals surface area contributed by atoms with Gasteiger partial charge in [0.25, 0.3) is 0 Å². The van der Waals surface area contributed by atoms with Crippen molar-refractivity contribution in [2.24, 2.45) is 0 Å². The highest BCUT2D eigenvalue weighted by molar-refractivity contribution is 5.91. The second-order valence-electron chi connectivity index (χ2n) is 8.57. The molecule has 6 heteroatoms. The maximum atomic E-state index is 12.7. The Balaban J connectivity index is 1.47. The van der Waals surface area contributed by atoms with Crippen LogP contribution in [0.25, 0.3) is 10.8 Å². The van der Waals surface area contributed by atoms with Crippen molar-refractivity contribution in [3.8, 4) is 11.5 Å². The molecule has 1 fully saturated rings. The first-order chi connectivity index (χ1) is 16.0. The molecule has 0 radical (unpaired) electrons. The van der Waals surface area contributed by atoms with Crippen molar-refractivity contribution >= 4 is 22.6 Å². The lowest BCUT2D eigenvalue weighted by molar-refractivity contribution is -0.122. The third kappa shape index (κ3) is 5.11. The van der Waals surface area contributed by atoms with E-state index in [1.165, 1.54) is 0 Å². The second kappa shape index (κ2) is 9.94. The Bertz CT molecular complexity index is 1160. The van der Waals surface area contributed by atoms with E-state index in [9.17, 15) is 9.59 Å². The second-order valence-corrected chi connectivity index (χ2v) is 8.57. The van der Waals surface area contributed by atoms with Gasteiger partial charge in [-0.05, 0) is 42.3 Å². The van der Waals surface area contributed by atoms with E-state index in [4.69, 9.17) is 9.47 Å². The number of hydrogen-bond donors (Lipinski definition) is 2. The molecule has 1 unspecified atom stereocenters. The molecule has 3 aromatic carbocycles. The zero-order valence-corrected chi connectivity index (χ0v) is 19.1. The van der Waals surface area contributed by atoms with Crippen molar-refractivity contribution in [3.63, 3.8) is 0 Å². The number of rotatable bonds is 9. The number of carbonyl (C=O) groups excluding carboxylic acids is 2. The van der Waals surface area contributed by atoms with Crippen LogP contribution in [-0.2, 0) is 22.6 Å². The molecular formula is C27H30N2O4. The lowest BCUT2D eigenvalue weighted by atomic mass is 9.83. The highest BCUT2D eigenvalue weighted by atomic mass is 16.5. The van der Waals surface area contributed by atoms with E-state index in [2.05, 4.69) is 22.8 Å². The van der Waals surface area contributed by atoms with E-state index in [-0.39, 0.29) is 11.8 Å². The molecule has 1 aliphatic heterocycles. The van der Waals surface area contributed by atoms with E-state index in [1.807, 2.05) is 48.5 Å². The van der Waals surface area contributed by atoms with Crippen LogP contribution in [-0.4, -0.2) is 31.6 Å². The summed E-state index contributed by atoms with van der Waals surface area (Å²) in [5.41, 5.74) is 1.64. The minimum atomic E-state index is -0.434. The van der Waals surface area contributed by atoms with Gasteiger partial charge in [0.15, 0.2) is 0 Å². The average Bonchev–Trinajstić information content (AvgIpc) is 3.22. The molecule has 3 aromatic rings. The van der Waals surface area contributed by atoms with Crippen molar-refractivity contribution in [2.45, 2.75) is 44.2 Å². The number of amides is 2. The quantitative estimate of drug-likeness (QED) is 0.518. The van der Waals surface area contributed by atoms with E-state index in [0.717, 1.165) is 33.4 Å². The molecule has 33 heavy (non-hydrogen) atoms. The van der Waals surface area contributed by atoms with Crippen LogP contribution in [0.3, 0.4) is 0 Å². The van der Waals surface area contributed by atoms with Gasteiger partial charge in [-0.2, -0.15) is 0 Å². The number of methoxy groups -OCH3 is 2. The number of ether oxygens (including phenoxy) is 2. The minimum absolute atomic E-state index is 0.0407. The first-order valence-corrected chi connectivity index (χ1v) is 11.3. The van der Waals surface area contributed by atoms with Gasteiger partial charge in [0, 0.05) is 35.9 Å². The van der Waals surface area contributed by atoms with Crippen LogP contribution in [0.15, 0.2) is 60.7 Å². The van der Waals surface area contributed by atoms with Gasteiger partial charge >= 0.3 is 0 Å². The van der Waals surface area contributed by atoms with Gasteiger partial charge in [0.05, 0.1) is 14.2 Å². The first-order valence-electron chi connectivity index (χ1n) is 11.3. The molecule has 2 amide bonds. The minimum Gasteiger partial charge on any atom is -0.496 e. The summed E-state index contributed by atoms with van der Waals surface area (Å²) in [6.07, 6.45) is 2.78. The predicted molar refractivity (Wildman–Crippen MR) is 128 cm³/mol. The smallest absolute Gasteiger partial charge is 0.220 e. The number of nitrogens with one attached hydrogen (secondary N) is 2. The van der Waals surface area contributed by atoms with Gasteiger partial charge in [-0.15, -0.1) is 0 Å². The molecule has 0 saturated carbocycles. The molecule has 6 nitrogen and oxygen atoms in total.